The topological polar surface area (TPSA) is 98.3 Å². The number of nitrogen functional groups attached to an aromatic ring is 1. The second-order valence-electron chi connectivity index (χ2n) is 4.44. The standard InChI is InChI=1S/C14H12BrN3O3/c1-8-6-10(18(20)21)3-5-13(8)17-14(19)11-7-9(15)2-4-12(11)16/h2-7H,16H2,1H3,(H,17,19). The first-order valence-corrected chi connectivity index (χ1v) is 6.79. The third-order valence-electron chi connectivity index (χ3n) is 2.93. The Morgan fingerprint density at radius 1 is 1.29 bits per heavy atom. The largest absolute Gasteiger partial charge is 0.398 e. The molecule has 21 heavy (non-hydrogen) atoms. The van der Waals surface area contributed by atoms with Gasteiger partial charge in [-0.2, -0.15) is 0 Å². The van der Waals surface area contributed by atoms with Crippen LogP contribution in [0.25, 0.3) is 0 Å². The second-order valence-corrected chi connectivity index (χ2v) is 5.36. The Hall–Kier alpha value is -2.41. The van der Waals surface area contributed by atoms with Gasteiger partial charge in [0.2, 0.25) is 0 Å². The lowest BCUT2D eigenvalue weighted by Gasteiger charge is -2.10. The van der Waals surface area contributed by atoms with Crippen LogP contribution in [-0.2, 0) is 0 Å². The fourth-order valence-corrected chi connectivity index (χ4v) is 2.18. The summed E-state index contributed by atoms with van der Waals surface area (Å²) < 4.78 is 0.738. The summed E-state index contributed by atoms with van der Waals surface area (Å²) in [7, 11) is 0. The number of hydrogen-bond donors (Lipinski definition) is 2. The van der Waals surface area contributed by atoms with Gasteiger partial charge in [-0.15, -0.1) is 0 Å². The van der Waals surface area contributed by atoms with Crippen molar-refractivity contribution in [2.75, 3.05) is 11.1 Å². The van der Waals surface area contributed by atoms with Gasteiger partial charge in [0.15, 0.2) is 0 Å². The van der Waals surface area contributed by atoms with Crippen molar-refractivity contribution >= 4 is 38.9 Å². The summed E-state index contributed by atoms with van der Waals surface area (Å²) in [6, 6.07) is 9.22. The van der Waals surface area contributed by atoms with E-state index in [2.05, 4.69) is 21.2 Å². The fourth-order valence-electron chi connectivity index (χ4n) is 1.82. The molecule has 0 bridgehead atoms. The van der Waals surface area contributed by atoms with Crippen LogP contribution in [0.4, 0.5) is 17.1 Å². The molecule has 0 saturated heterocycles. The molecule has 0 aliphatic rings. The summed E-state index contributed by atoms with van der Waals surface area (Å²) in [6.45, 7) is 1.69. The molecule has 0 unspecified atom stereocenters. The summed E-state index contributed by atoms with van der Waals surface area (Å²) >= 11 is 3.28. The Morgan fingerprint density at radius 3 is 2.62 bits per heavy atom. The van der Waals surface area contributed by atoms with E-state index < -0.39 is 4.92 Å². The maximum Gasteiger partial charge on any atom is 0.269 e. The fraction of sp³-hybridized carbons (Fsp3) is 0.0714. The molecule has 0 saturated carbocycles. The summed E-state index contributed by atoms with van der Waals surface area (Å²) in [5, 5.41) is 13.4. The quantitative estimate of drug-likeness (QED) is 0.503. The Labute approximate surface area is 129 Å². The van der Waals surface area contributed by atoms with Crippen LogP contribution in [0.3, 0.4) is 0 Å². The molecule has 0 aliphatic heterocycles. The number of nitrogens with zero attached hydrogens (tertiary/aromatic N) is 1. The molecule has 2 aromatic carbocycles. The summed E-state index contributed by atoms with van der Waals surface area (Å²) in [4.78, 5) is 22.4. The number of benzene rings is 2. The zero-order valence-electron chi connectivity index (χ0n) is 11.1. The number of halogens is 1. The van der Waals surface area contributed by atoms with Crippen LogP contribution in [0.1, 0.15) is 15.9 Å². The number of nitro benzene ring substituents is 1. The molecule has 0 aliphatic carbocycles. The van der Waals surface area contributed by atoms with E-state index in [4.69, 9.17) is 5.73 Å². The van der Waals surface area contributed by atoms with Gasteiger partial charge in [-0.3, -0.25) is 14.9 Å². The first-order chi connectivity index (χ1) is 9.88. The van der Waals surface area contributed by atoms with E-state index in [1.54, 1.807) is 25.1 Å². The minimum Gasteiger partial charge on any atom is -0.398 e. The molecule has 2 aromatic rings. The Bertz CT molecular complexity index is 731. The molecule has 0 heterocycles. The minimum absolute atomic E-state index is 0.0209. The van der Waals surface area contributed by atoms with Gasteiger partial charge in [0.05, 0.1) is 10.5 Å². The molecule has 2 rings (SSSR count). The highest BCUT2D eigenvalue weighted by Crippen LogP contribution is 2.24. The maximum atomic E-state index is 12.2. The van der Waals surface area contributed by atoms with Crippen molar-refractivity contribution < 1.29 is 9.72 Å². The third-order valence-corrected chi connectivity index (χ3v) is 3.42. The number of carbonyl (C=O) groups is 1. The molecule has 0 radical (unpaired) electrons. The van der Waals surface area contributed by atoms with Crippen LogP contribution >= 0.6 is 15.9 Å². The van der Waals surface area contributed by atoms with Crippen molar-refractivity contribution in [2.45, 2.75) is 6.92 Å². The van der Waals surface area contributed by atoms with E-state index in [9.17, 15) is 14.9 Å². The number of rotatable bonds is 3. The Kier molecular flexibility index (Phi) is 4.23. The molecule has 0 atom stereocenters. The van der Waals surface area contributed by atoms with Crippen LogP contribution in [0.5, 0.6) is 0 Å². The number of amides is 1. The Morgan fingerprint density at radius 2 is 2.00 bits per heavy atom. The molecule has 3 N–H and O–H groups in total. The predicted octanol–water partition coefficient (Wildman–Crippen LogP) is 3.50. The van der Waals surface area contributed by atoms with Crippen molar-refractivity contribution in [1.82, 2.24) is 0 Å². The zero-order valence-corrected chi connectivity index (χ0v) is 12.7. The van der Waals surface area contributed by atoms with Gasteiger partial charge < -0.3 is 11.1 Å². The van der Waals surface area contributed by atoms with E-state index in [0.29, 0.717) is 22.5 Å². The SMILES string of the molecule is Cc1cc([N+](=O)[O-])ccc1NC(=O)c1cc(Br)ccc1N. The van der Waals surface area contributed by atoms with E-state index in [-0.39, 0.29) is 11.6 Å². The van der Waals surface area contributed by atoms with Gasteiger partial charge >= 0.3 is 0 Å². The Balaban J connectivity index is 2.27. The highest BCUT2D eigenvalue weighted by molar-refractivity contribution is 9.10. The number of nitrogens with two attached hydrogens (primary N) is 1. The molecule has 6 nitrogen and oxygen atoms in total. The van der Waals surface area contributed by atoms with Crippen molar-refractivity contribution in [3.63, 3.8) is 0 Å². The number of anilines is 2. The van der Waals surface area contributed by atoms with Gasteiger partial charge in [-0.25, -0.2) is 0 Å². The molecular weight excluding hydrogens is 338 g/mol. The molecule has 0 aromatic heterocycles. The van der Waals surface area contributed by atoms with Crippen LogP contribution in [0, 0.1) is 17.0 Å². The molecule has 108 valence electrons. The molecule has 1 amide bonds. The average Bonchev–Trinajstić information content (AvgIpc) is 2.43. The van der Waals surface area contributed by atoms with Crippen LogP contribution < -0.4 is 11.1 Å². The molecule has 0 spiro atoms. The number of carbonyl (C=O) groups excluding carboxylic acids is 1. The van der Waals surface area contributed by atoms with Gasteiger partial charge in [0, 0.05) is 28.0 Å². The van der Waals surface area contributed by atoms with Crippen LogP contribution in [-0.4, -0.2) is 10.8 Å². The van der Waals surface area contributed by atoms with Gasteiger partial charge in [-0.05, 0) is 36.8 Å². The maximum absolute atomic E-state index is 12.2. The number of aryl methyl sites for hydroxylation is 1. The number of nitrogens with one attached hydrogen (secondary N) is 1. The van der Waals surface area contributed by atoms with Gasteiger partial charge in [0.25, 0.3) is 11.6 Å². The van der Waals surface area contributed by atoms with Gasteiger partial charge in [0.1, 0.15) is 0 Å². The minimum atomic E-state index is -0.481. The third kappa shape index (κ3) is 3.38. The number of hydrogen-bond acceptors (Lipinski definition) is 4. The van der Waals surface area contributed by atoms with Crippen LogP contribution in [0.2, 0.25) is 0 Å². The highest BCUT2D eigenvalue weighted by atomic mass is 79.9. The average molecular weight is 350 g/mol. The normalized spacial score (nSPS) is 10.2. The summed E-state index contributed by atoms with van der Waals surface area (Å²) in [5.74, 6) is -0.370. The lowest BCUT2D eigenvalue weighted by molar-refractivity contribution is -0.384. The number of non-ortho nitro benzene ring substituents is 1. The van der Waals surface area contributed by atoms with Crippen LogP contribution in [0.15, 0.2) is 40.9 Å². The lowest BCUT2D eigenvalue weighted by Crippen LogP contribution is -2.14. The summed E-state index contributed by atoms with van der Waals surface area (Å²) in [5.41, 5.74) is 7.55. The van der Waals surface area contributed by atoms with E-state index in [1.807, 2.05) is 0 Å². The van der Waals surface area contributed by atoms with Crippen molar-refractivity contribution in [3.05, 3.63) is 62.1 Å². The zero-order chi connectivity index (χ0) is 15.6. The number of nitro groups is 1. The first kappa shape index (κ1) is 15.0. The smallest absolute Gasteiger partial charge is 0.269 e. The second kappa shape index (κ2) is 5.92. The molecule has 7 heteroatoms. The molecule has 0 fully saturated rings. The lowest BCUT2D eigenvalue weighted by atomic mass is 10.1. The van der Waals surface area contributed by atoms with E-state index in [1.165, 1.54) is 18.2 Å². The van der Waals surface area contributed by atoms with E-state index in [0.717, 1.165) is 4.47 Å². The molecular formula is C14H12BrN3O3. The highest BCUT2D eigenvalue weighted by Gasteiger charge is 2.13. The monoisotopic (exact) mass is 349 g/mol. The van der Waals surface area contributed by atoms with Crippen molar-refractivity contribution in [1.29, 1.82) is 0 Å². The van der Waals surface area contributed by atoms with Crippen molar-refractivity contribution in [3.8, 4) is 0 Å². The first-order valence-electron chi connectivity index (χ1n) is 6.00. The van der Waals surface area contributed by atoms with Gasteiger partial charge in [-0.1, -0.05) is 15.9 Å². The van der Waals surface area contributed by atoms with Crippen molar-refractivity contribution in [2.24, 2.45) is 0 Å². The summed E-state index contributed by atoms with van der Waals surface area (Å²) in [6.07, 6.45) is 0. The van der Waals surface area contributed by atoms with E-state index >= 15 is 0 Å². The predicted molar refractivity (Wildman–Crippen MR) is 84.3 cm³/mol.